The zero-order chi connectivity index (χ0) is 17.2. The smallest absolute Gasteiger partial charge is 0.257 e. The highest BCUT2D eigenvalue weighted by Gasteiger charge is 2.26. The van der Waals surface area contributed by atoms with Crippen LogP contribution in [-0.4, -0.2) is 43.8 Å². The van der Waals surface area contributed by atoms with Crippen molar-refractivity contribution in [2.75, 3.05) is 13.1 Å². The van der Waals surface area contributed by atoms with E-state index in [4.69, 9.17) is 0 Å². The summed E-state index contributed by atoms with van der Waals surface area (Å²) >= 11 is 0. The van der Waals surface area contributed by atoms with Crippen LogP contribution in [0.4, 0.5) is 0 Å². The zero-order valence-corrected chi connectivity index (χ0v) is 14.3. The zero-order valence-electron chi connectivity index (χ0n) is 14.3. The molecule has 6 heteroatoms. The van der Waals surface area contributed by atoms with Crippen molar-refractivity contribution in [1.82, 2.24) is 24.8 Å². The summed E-state index contributed by atoms with van der Waals surface area (Å²) in [6.07, 6.45) is 10.1. The van der Waals surface area contributed by atoms with Crippen molar-refractivity contribution in [3.63, 3.8) is 0 Å². The first-order chi connectivity index (χ1) is 12.2. The first kappa shape index (κ1) is 15.7. The van der Waals surface area contributed by atoms with E-state index in [0.717, 1.165) is 49.1 Å². The molecule has 1 aliphatic rings. The van der Waals surface area contributed by atoms with Crippen LogP contribution < -0.4 is 0 Å². The lowest BCUT2D eigenvalue weighted by Gasteiger charge is -2.33. The van der Waals surface area contributed by atoms with Crippen LogP contribution in [0.5, 0.6) is 0 Å². The van der Waals surface area contributed by atoms with Gasteiger partial charge in [0.25, 0.3) is 5.91 Å². The fraction of sp³-hybridized carbons (Fsp3) is 0.368. The third-order valence-electron chi connectivity index (χ3n) is 4.93. The molecule has 25 heavy (non-hydrogen) atoms. The topological polar surface area (TPSA) is 74.8 Å². The van der Waals surface area contributed by atoms with Gasteiger partial charge >= 0.3 is 0 Å². The van der Waals surface area contributed by atoms with E-state index in [1.807, 2.05) is 30.3 Å². The van der Waals surface area contributed by atoms with Crippen molar-refractivity contribution in [3.8, 4) is 0 Å². The van der Waals surface area contributed by atoms with E-state index in [0.29, 0.717) is 11.5 Å². The number of amides is 1. The number of pyridine rings is 1. The molecule has 4 heterocycles. The summed E-state index contributed by atoms with van der Waals surface area (Å²) in [5.41, 5.74) is 3.50. The molecule has 1 unspecified atom stereocenters. The lowest BCUT2D eigenvalue weighted by Crippen LogP contribution is -2.40. The van der Waals surface area contributed by atoms with E-state index in [2.05, 4.69) is 26.0 Å². The molecular weight excluding hydrogens is 314 g/mol. The lowest BCUT2D eigenvalue weighted by molar-refractivity contribution is 0.0671. The molecule has 0 aliphatic carbocycles. The van der Waals surface area contributed by atoms with Crippen LogP contribution in [0, 0.1) is 12.8 Å². The summed E-state index contributed by atoms with van der Waals surface area (Å²) < 4.78 is 0. The van der Waals surface area contributed by atoms with Crippen LogP contribution in [0.3, 0.4) is 0 Å². The van der Waals surface area contributed by atoms with Crippen LogP contribution in [0.25, 0.3) is 11.0 Å². The number of carbonyl (C=O) groups excluding carboxylic acids is 1. The number of hydrogen-bond donors (Lipinski definition) is 1. The van der Waals surface area contributed by atoms with E-state index in [9.17, 15) is 4.79 Å². The second-order valence-corrected chi connectivity index (χ2v) is 6.74. The van der Waals surface area contributed by atoms with Crippen LogP contribution in [0.15, 0.2) is 37.1 Å². The molecular formula is C19H21N5O. The minimum atomic E-state index is 0.0435. The van der Waals surface area contributed by atoms with Crippen molar-refractivity contribution >= 4 is 16.9 Å². The van der Waals surface area contributed by atoms with Crippen molar-refractivity contribution in [1.29, 1.82) is 0 Å². The number of hydrogen-bond acceptors (Lipinski definition) is 4. The van der Waals surface area contributed by atoms with Gasteiger partial charge in [-0.25, -0.2) is 15.0 Å². The third kappa shape index (κ3) is 3.24. The summed E-state index contributed by atoms with van der Waals surface area (Å²) in [6, 6.07) is 4.23. The highest BCUT2D eigenvalue weighted by atomic mass is 16.2. The number of H-pyrrole nitrogens is 1. The molecule has 0 saturated carbocycles. The maximum Gasteiger partial charge on any atom is 0.257 e. The van der Waals surface area contributed by atoms with Gasteiger partial charge in [-0.3, -0.25) is 4.79 Å². The molecule has 3 aromatic rings. The Kier molecular flexibility index (Phi) is 4.17. The Bertz CT molecular complexity index is 903. The Morgan fingerprint density at radius 2 is 2.28 bits per heavy atom. The molecule has 1 fully saturated rings. The van der Waals surface area contributed by atoms with Gasteiger partial charge in [-0.2, -0.15) is 0 Å². The van der Waals surface area contributed by atoms with Crippen molar-refractivity contribution in [3.05, 3.63) is 53.9 Å². The Morgan fingerprint density at radius 1 is 1.36 bits per heavy atom. The predicted molar refractivity (Wildman–Crippen MR) is 95.2 cm³/mol. The largest absolute Gasteiger partial charge is 0.346 e. The molecule has 3 aromatic heterocycles. The first-order valence-corrected chi connectivity index (χ1v) is 8.68. The molecule has 1 atom stereocenters. The third-order valence-corrected chi connectivity index (χ3v) is 4.93. The van der Waals surface area contributed by atoms with Gasteiger partial charge in [-0.05, 0) is 49.8 Å². The van der Waals surface area contributed by atoms with Gasteiger partial charge in [0.2, 0.25) is 0 Å². The second kappa shape index (κ2) is 6.63. The van der Waals surface area contributed by atoms with Gasteiger partial charge in [0.15, 0.2) is 0 Å². The monoisotopic (exact) mass is 335 g/mol. The number of carbonyl (C=O) groups is 1. The van der Waals surface area contributed by atoms with Crippen molar-refractivity contribution in [2.45, 2.75) is 26.2 Å². The average Bonchev–Trinajstić information content (AvgIpc) is 3.09. The highest BCUT2D eigenvalue weighted by Crippen LogP contribution is 2.23. The minimum Gasteiger partial charge on any atom is -0.346 e. The number of aromatic amines is 1. The SMILES string of the molecule is Cc1ncncc1C(=O)N1CCCC(Cc2cnc3[nH]ccc3c2)C1. The number of nitrogens with zero attached hydrogens (tertiary/aromatic N) is 4. The number of piperidine rings is 1. The number of fused-ring (bicyclic) bond motifs is 1. The van der Waals surface area contributed by atoms with E-state index >= 15 is 0 Å². The summed E-state index contributed by atoms with van der Waals surface area (Å²) in [6.45, 7) is 3.44. The number of nitrogens with one attached hydrogen (secondary N) is 1. The number of rotatable bonds is 3. The molecule has 128 valence electrons. The lowest BCUT2D eigenvalue weighted by atomic mass is 9.91. The van der Waals surface area contributed by atoms with Gasteiger partial charge in [0.05, 0.1) is 11.3 Å². The summed E-state index contributed by atoms with van der Waals surface area (Å²) in [5, 5.41) is 1.14. The Balaban J connectivity index is 1.47. The molecule has 4 rings (SSSR count). The molecule has 1 amide bonds. The number of aryl methyl sites for hydroxylation is 1. The van der Waals surface area contributed by atoms with E-state index in [1.54, 1.807) is 6.20 Å². The maximum atomic E-state index is 12.8. The number of aromatic nitrogens is 4. The highest BCUT2D eigenvalue weighted by molar-refractivity contribution is 5.94. The van der Waals surface area contributed by atoms with E-state index in [1.165, 1.54) is 11.9 Å². The van der Waals surface area contributed by atoms with Gasteiger partial charge in [0.1, 0.15) is 12.0 Å². The van der Waals surface area contributed by atoms with Crippen LogP contribution in [-0.2, 0) is 6.42 Å². The molecule has 0 bridgehead atoms. The predicted octanol–water partition coefficient (Wildman–Crippen LogP) is 2.76. The van der Waals surface area contributed by atoms with Crippen molar-refractivity contribution in [2.24, 2.45) is 5.92 Å². The van der Waals surface area contributed by atoms with Gasteiger partial charge in [-0.15, -0.1) is 0 Å². The molecule has 0 aromatic carbocycles. The fourth-order valence-corrected chi connectivity index (χ4v) is 3.62. The minimum absolute atomic E-state index is 0.0435. The molecule has 1 saturated heterocycles. The van der Waals surface area contributed by atoms with Gasteiger partial charge < -0.3 is 9.88 Å². The number of likely N-dealkylation sites (tertiary alicyclic amines) is 1. The quantitative estimate of drug-likeness (QED) is 0.798. The molecule has 0 spiro atoms. The average molecular weight is 335 g/mol. The van der Waals surface area contributed by atoms with Crippen molar-refractivity contribution < 1.29 is 4.79 Å². The van der Waals surface area contributed by atoms with Crippen LogP contribution >= 0.6 is 0 Å². The van der Waals surface area contributed by atoms with E-state index in [-0.39, 0.29) is 5.91 Å². The first-order valence-electron chi connectivity index (χ1n) is 8.68. The van der Waals surface area contributed by atoms with E-state index < -0.39 is 0 Å². The summed E-state index contributed by atoms with van der Waals surface area (Å²) in [5.74, 6) is 0.503. The molecule has 0 radical (unpaired) electrons. The standard InChI is InChI=1S/C19H21N5O/c1-13-17(10-20-12-23-13)19(25)24-6-2-3-14(11-24)7-15-8-16-4-5-21-18(16)22-9-15/h4-5,8-10,12,14H,2-3,6-7,11H2,1H3,(H,21,22). The van der Waals surface area contributed by atoms with Crippen LogP contribution in [0.1, 0.15) is 34.5 Å². The Labute approximate surface area is 146 Å². The Hall–Kier alpha value is -2.76. The molecule has 1 aliphatic heterocycles. The van der Waals surface area contributed by atoms with Gasteiger partial charge in [0, 0.05) is 37.1 Å². The van der Waals surface area contributed by atoms with Gasteiger partial charge in [-0.1, -0.05) is 0 Å². The summed E-state index contributed by atoms with van der Waals surface area (Å²) in [7, 11) is 0. The second-order valence-electron chi connectivity index (χ2n) is 6.74. The fourth-order valence-electron chi connectivity index (χ4n) is 3.62. The summed E-state index contributed by atoms with van der Waals surface area (Å²) in [4.78, 5) is 30.5. The maximum absolute atomic E-state index is 12.8. The molecule has 1 N–H and O–H groups in total. The normalized spacial score (nSPS) is 17.8. The molecule has 6 nitrogen and oxygen atoms in total. The van der Waals surface area contributed by atoms with Crippen LogP contribution in [0.2, 0.25) is 0 Å². The Morgan fingerprint density at radius 3 is 3.16 bits per heavy atom.